The minimum Gasteiger partial charge on any atom is -0.369 e. The van der Waals surface area contributed by atoms with E-state index in [0.29, 0.717) is 23.3 Å². The minimum absolute atomic E-state index is 0.190. The molecule has 0 amide bonds. The number of para-hydroxylation sites is 2. The van der Waals surface area contributed by atoms with Crippen molar-refractivity contribution in [3.8, 4) is 0 Å². The number of guanidine groups is 1. The van der Waals surface area contributed by atoms with Crippen molar-refractivity contribution in [3.05, 3.63) is 65.0 Å². The van der Waals surface area contributed by atoms with Crippen molar-refractivity contribution in [2.75, 3.05) is 10.3 Å². The summed E-state index contributed by atoms with van der Waals surface area (Å²) in [5, 5.41) is 9.87. The average molecular weight is 359 g/mol. The average Bonchev–Trinajstić information content (AvgIpc) is 2.98. The fraction of sp³-hybridized carbons (Fsp3) is 0.158. The molecule has 8 heteroatoms. The normalized spacial score (nSPS) is 21.0. The Morgan fingerprint density at radius 3 is 2.67 bits per heavy atom. The fourth-order valence-electron chi connectivity index (χ4n) is 3.73. The molecule has 2 aliphatic rings. The van der Waals surface area contributed by atoms with Gasteiger partial charge in [-0.15, -0.1) is 0 Å². The number of hydrazone groups is 1. The molecule has 5 rings (SSSR count). The van der Waals surface area contributed by atoms with Crippen LogP contribution in [0.5, 0.6) is 0 Å². The topological polar surface area (TPSA) is 101 Å². The number of hydrogen-bond acceptors (Lipinski definition) is 7. The van der Waals surface area contributed by atoms with E-state index in [0.717, 1.165) is 11.4 Å². The summed E-state index contributed by atoms with van der Waals surface area (Å²) in [4.78, 5) is 22.7. The van der Waals surface area contributed by atoms with Gasteiger partial charge in [0.15, 0.2) is 5.96 Å². The number of fused-ring (bicyclic) bond motifs is 3. The summed E-state index contributed by atoms with van der Waals surface area (Å²) >= 11 is 0. The van der Waals surface area contributed by atoms with Gasteiger partial charge in [0.1, 0.15) is 0 Å². The molecular formula is C19H17N7O. The standard InChI is InChI=1S/C19H17N7O/c1-12-11-19(26(24-12)13-7-3-2-4-8-13)23-17(20)22-18-21-15-10-6-5-9-14(15)16(27)25(18)19/h2-10H,11H2,1H3,(H3,20,21,22,23). The molecule has 27 heavy (non-hydrogen) atoms. The van der Waals surface area contributed by atoms with Crippen LogP contribution in [0.1, 0.15) is 13.3 Å². The van der Waals surface area contributed by atoms with Crippen molar-refractivity contribution in [3.63, 3.8) is 0 Å². The molecule has 0 aliphatic carbocycles. The first-order valence-electron chi connectivity index (χ1n) is 8.62. The highest BCUT2D eigenvalue weighted by atomic mass is 16.1. The van der Waals surface area contributed by atoms with E-state index in [4.69, 9.17) is 5.73 Å². The highest BCUT2D eigenvalue weighted by molar-refractivity contribution is 5.95. The molecule has 1 atom stereocenters. The molecule has 0 fully saturated rings. The summed E-state index contributed by atoms with van der Waals surface area (Å²) < 4.78 is 1.55. The van der Waals surface area contributed by atoms with E-state index in [2.05, 4.69) is 20.4 Å². The van der Waals surface area contributed by atoms with Crippen LogP contribution < -0.4 is 21.6 Å². The first-order chi connectivity index (χ1) is 13.1. The second-order valence-corrected chi connectivity index (χ2v) is 6.65. The quantitative estimate of drug-likeness (QED) is 0.692. The summed E-state index contributed by atoms with van der Waals surface area (Å²) in [5.74, 6) is -0.565. The summed E-state index contributed by atoms with van der Waals surface area (Å²) in [6.45, 7) is 1.91. The highest BCUT2D eigenvalue weighted by Crippen LogP contribution is 2.40. The van der Waals surface area contributed by atoms with Crippen LogP contribution in [-0.2, 0) is 5.79 Å². The Kier molecular flexibility index (Phi) is 3.12. The van der Waals surface area contributed by atoms with Gasteiger partial charge in [0, 0.05) is 5.71 Å². The number of nitrogens with zero attached hydrogens (tertiary/aromatic N) is 5. The number of nitrogens with two attached hydrogens (primary N) is 1. The number of aromatic nitrogens is 2. The van der Waals surface area contributed by atoms with E-state index in [1.807, 2.05) is 49.4 Å². The van der Waals surface area contributed by atoms with Crippen LogP contribution in [-0.4, -0.2) is 21.2 Å². The van der Waals surface area contributed by atoms with Gasteiger partial charge in [0.2, 0.25) is 11.7 Å². The molecular weight excluding hydrogens is 342 g/mol. The predicted octanol–water partition coefficient (Wildman–Crippen LogP) is 2.03. The van der Waals surface area contributed by atoms with Gasteiger partial charge in [-0.05, 0) is 31.2 Å². The minimum atomic E-state index is -1.12. The number of anilines is 2. The van der Waals surface area contributed by atoms with Gasteiger partial charge in [-0.2, -0.15) is 5.10 Å². The van der Waals surface area contributed by atoms with Crippen LogP contribution >= 0.6 is 0 Å². The van der Waals surface area contributed by atoms with Gasteiger partial charge < -0.3 is 5.73 Å². The maximum atomic E-state index is 13.4. The molecule has 134 valence electrons. The van der Waals surface area contributed by atoms with Crippen molar-refractivity contribution < 1.29 is 0 Å². The lowest BCUT2D eigenvalue weighted by Crippen LogP contribution is -2.54. The van der Waals surface area contributed by atoms with Crippen molar-refractivity contribution in [2.24, 2.45) is 15.8 Å². The van der Waals surface area contributed by atoms with E-state index in [1.54, 1.807) is 21.7 Å². The third-order valence-electron chi connectivity index (χ3n) is 4.78. The first-order valence-corrected chi connectivity index (χ1v) is 8.62. The van der Waals surface area contributed by atoms with Gasteiger partial charge in [0.05, 0.1) is 23.0 Å². The summed E-state index contributed by atoms with van der Waals surface area (Å²) in [6.07, 6.45) is 0.428. The Balaban J connectivity index is 1.84. The number of nitrogens with one attached hydrogen (secondary N) is 1. The maximum Gasteiger partial charge on any atom is 0.266 e. The third kappa shape index (κ3) is 2.16. The number of rotatable bonds is 1. The molecule has 1 unspecified atom stereocenters. The second kappa shape index (κ2) is 5.41. The summed E-state index contributed by atoms with van der Waals surface area (Å²) in [7, 11) is 0. The monoisotopic (exact) mass is 359 g/mol. The Morgan fingerprint density at radius 2 is 1.85 bits per heavy atom. The van der Waals surface area contributed by atoms with E-state index >= 15 is 0 Å². The Hall–Kier alpha value is -3.68. The first kappa shape index (κ1) is 15.6. The highest BCUT2D eigenvalue weighted by Gasteiger charge is 2.49. The van der Waals surface area contributed by atoms with Crippen LogP contribution in [0.25, 0.3) is 10.9 Å². The predicted molar refractivity (Wildman–Crippen MR) is 106 cm³/mol. The van der Waals surface area contributed by atoms with E-state index < -0.39 is 5.79 Å². The fourth-order valence-corrected chi connectivity index (χ4v) is 3.73. The lowest BCUT2D eigenvalue weighted by molar-refractivity contribution is 0.303. The molecule has 1 aromatic heterocycles. The number of benzene rings is 2. The largest absolute Gasteiger partial charge is 0.369 e. The van der Waals surface area contributed by atoms with Crippen LogP contribution in [0.4, 0.5) is 11.6 Å². The third-order valence-corrected chi connectivity index (χ3v) is 4.78. The van der Waals surface area contributed by atoms with Gasteiger partial charge in [0.25, 0.3) is 5.56 Å². The van der Waals surface area contributed by atoms with Crippen molar-refractivity contribution in [2.45, 2.75) is 19.1 Å². The second-order valence-electron chi connectivity index (χ2n) is 6.65. The molecule has 0 saturated heterocycles. The Labute approximate surface area is 154 Å². The molecule has 2 aromatic carbocycles. The molecule has 1 spiro atoms. The van der Waals surface area contributed by atoms with Crippen molar-refractivity contribution >= 4 is 34.2 Å². The zero-order valence-corrected chi connectivity index (χ0v) is 14.6. The molecule has 0 bridgehead atoms. The van der Waals surface area contributed by atoms with E-state index in [-0.39, 0.29) is 11.5 Å². The molecule has 8 nitrogen and oxygen atoms in total. The van der Waals surface area contributed by atoms with Gasteiger partial charge >= 0.3 is 0 Å². The van der Waals surface area contributed by atoms with Crippen molar-refractivity contribution in [1.29, 1.82) is 0 Å². The SMILES string of the molecule is CC1=NN(c2ccccc2)C2(C1)N=C(N)Nc1nc3ccccc3c(=O)n12. The van der Waals surface area contributed by atoms with E-state index in [1.165, 1.54) is 0 Å². The smallest absolute Gasteiger partial charge is 0.266 e. The summed E-state index contributed by atoms with van der Waals surface area (Å²) in [5.41, 5.74) is 8.17. The zero-order valence-electron chi connectivity index (χ0n) is 14.6. The van der Waals surface area contributed by atoms with Crippen LogP contribution in [0.2, 0.25) is 0 Å². The van der Waals surface area contributed by atoms with E-state index in [9.17, 15) is 4.79 Å². The lowest BCUT2D eigenvalue weighted by Gasteiger charge is -2.39. The Morgan fingerprint density at radius 1 is 1.11 bits per heavy atom. The van der Waals surface area contributed by atoms with Crippen LogP contribution in [0, 0.1) is 0 Å². The zero-order chi connectivity index (χ0) is 18.6. The summed E-state index contributed by atoms with van der Waals surface area (Å²) in [6, 6.07) is 16.9. The van der Waals surface area contributed by atoms with Gasteiger partial charge in [-0.1, -0.05) is 30.3 Å². The van der Waals surface area contributed by atoms with Crippen LogP contribution in [0.15, 0.2) is 69.5 Å². The molecule has 3 aromatic rings. The lowest BCUT2D eigenvalue weighted by atomic mass is 10.1. The van der Waals surface area contributed by atoms with Crippen molar-refractivity contribution in [1.82, 2.24) is 9.55 Å². The van der Waals surface area contributed by atoms with Crippen LogP contribution in [0.3, 0.4) is 0 Å². The Bertz CT molecular complexity index is 1180. The molecule has 3 N–H and O–H groups in total. The maximum absolute atomic E-state index is 13.4. The number of hydrogen-bond donors (Lipinski definition) is 2. The molecule has 2 aliphatic heterocycles. The number of aliphatic imine (C=N–C) groups is 1. The van der Waals surface area contributed by atoms with Gasteiger partial charge in [-0.3, -0.25) is 10.1 Å². The molecule has 3 heterocycles. The molecule has 0 saturated carbocycles. The molecule has 0 radical (unpaired) electrons. The van der Waals surface area contributed by atoms with Gasteiger partial charge in [-0.25, -0.2) is 19.6 Å².